The van der Waals surface area contributed by atoms with Gasteiger partial charge >= 0.3 is 12.1 Å². The van der Waals surface area contributed by atoms with E-state index in [9.17, 15) is 14.7 Å². The van der Waals surface area contributed by atoms with Gasteiger partial charge < -0.3 is 19.5 Å². The average molecular weight is 355 g/mol. The number of amides is 1. The van der Waals surface area contributed by atoms with Crippen molar-refractivity contribution in [3.8, 4) is 5.75 Å². The molecule has 1 aliphatic heterocycles. The van der Waals surface area contributed by atoms with Gasteiger partial charge in [-0.3, -0.25) is 4.79 Å². The number of ether oxygens (including phenoxy) is 2. The van der Waals surface area contributed by atoms with E-state index < -0.39 is 18.0 Å². The second-order valence-corrected chi connectivity index (χ2v) is 6.24. The molecule has 0 spiro atoms. The number of hydrogen-bond acceptors (Lipinski definition) is 4. The molecule has 2 aromatic rings. The van der Waals surface area contributed by atoms with Gasteiger partial charge in [0.05, 0.1) is 13.0 Å². The number of benzene rings is 2. The molecule has 6 heteroatoms. The zero-order valence-corrected chi connectivity index (χ0v) is 14.5. The summed E-state index contributed by atoms with van der Waals surface area (Å²) >= 11 is 0. The van der Waals surface area contributed by atoms with Crippen LogP contribution < -0.4 is 4.74 Å². The molecule has 136 valence electrons. The predicted octanol–water partition coefficient (Wildman–Crippen LogP) is 3.13. The van der Waals surface area contributed by atoms with E-state index in [1.807, 2.05) is 48.5 Å². The van der Waals surface area contributed by atoms with Crippen LogP contribution in [0.5, 0.6) is 5.75 Å². The first-order valence-electron chi connectivity index (χ1n) is 8.41. The number of carboxylic acids is 1. The van der Waals surface area contributed by atoms with Crippen LogP contribution in [0.3, 0.4) is 0 Å². The van der Waals surface area contributed by atoms with E-state index in [0.29, 0.717) is 5.75 Å². The SMILES string of the molecule is COc1ccccc1[C@@H]1CN(C(=O)OCc2ccccc2)C[C@@H]1C(=O)O. The van der Waals surface area contributed by atoms with Gasteiger partial charge in [0, 0.05) is 19.0 Å². The molecule has 6 nitrogen and oxygen atoms in total. The molecule has 1 saturated heterocycles. The fraction of sp³-hybridized carbons (Fsp3) is 0.300. The molecular formula is C20H21NO5. The van der Waals surface area contributed by atoms with E-state index in [2.05, 4.69) is 0 Å². The maximum absolute atomic E-state index is 12.4. The number of methoxy groups -OCH3 is 1. The van der Waals surface area contributed by atoms with Gasteiger partial charge in [-0.25, -0.2) is 4.79 Å². The minimum atomic E-state index is -0.931. The van der Waals surface area contributed by atoms with Crippen LogP contribution in [-0.4, -0.2) is 42.3 Å². The van der Waals surface area contributed by atoms with Gasteiger partial charge in [-0.15, -0.1) is 0 Å². The summed E-state index contributed by atoms with van der Waals surface area (Å²) in [7, 11) is 1.55. The van der Waals surface area contributed by atoms with Crippen LogP contribution >= 0.6 is 0 Å². The molecule has 1 aliphatic rings. The van der Waals surface area contributed by atoms with Crippen molar-refractivity contribution in [2.75, 3.05) is 20.2 Å². The number of rotatable bonds is 5. The van der Waals surface area contributed by atoms with Crippen LogP contribution in [0.4, 0.5) is 4.79 Å². The van der Waals surface area contributed by atoms with Gasteiger partial charge in [0.25, 0.3) is 0 Å². The second kappa shape index (κ2) is 7.91. The van der Waals surface area contributed by atoms with Crippen LogP contribution in [0.15, 0.2) is 54.6 Å². The Hall–Kier alpha value is -3.02. The molecule has 3 rings (SSSR count). The van der Waals surface area contributed by atoms with Gasteiger partial charge in [0.2, 0.25) is 0 Å². The number of nitrogens with zero attached hydrogens (tertiary/aromatic N) is 1. The number of aliphatic carboxylic acids is 1. The second-order valence-electron chi connectivity index (χ2n) is 6.24. The Labute approximate surface area is 152 Å². The summed E-state index contributed by atoms with van der Waals surface area (Å²) in [4.78, 5) is 25.6. The minimum Gasteiger partial charge on any atom is -0.496 e. The number of likely N-dealkylation sites (tertiary alicyclic amines) is 1. The van der Waals surface area contributed by atoms with Crippen LogP contribution in [0.25, 0.3) is 0 Å². The molecule has 1 N–H and O–H groups in total. The van der Waals surface area contributed by atoms with Gasteiger partial charge in [-0.1, -0.05) is 48.5 Å². The summed E-state index contributed by atoms with van der Waals surface area (Å²) in [5, 5.41) is 9.60. The van der Waals surface area contributed by atoms with E-state index in [4.69, 9.17) is 9.47 Å². The maximum atomic E-state index is 12.4. The molecule has 0 saturated carbocycles. The third kappa shape index (κ3) is 3.79. The zero-order chi connectivity index (χ0) is 18.5. The quantitative estimate of drug-likeness (QED) is 0.892. The average Bonchev–Trinajstić information content (AvgIpc) is 3.12. The number of para-hydroxylation sites is 1. The molecule has 0 aromatic heterocycles. The molecule has 26 heavy (non-hydrogen) atoms. The Kier molecular flexibility index (Phi) is 5.41. The fourth-order valence-electron chi connectivity index (χ4n) is 3.30. The summed E-state index contributed by atoms with van der Waals surface area (Å²) in [5.41, 5.74) is 1.68. The third-order valence-corrected chi connectivity index (χ3v) is 4.64. The minimum absolute atomic E-state index is 0.117. The smallest absolute Gasteiger partial charge is 0.410 e. The molecule has 1 fully saturated rings. The highest BCUT2D eigenvalue weighted by molar-refractivity contribution is 5.76. The lowest BCUT2D eigenvalue weighted by Gasteiger charge is -2.18. The normalized spacial score (nSPS) is 19.2. The fourth-order valence-corrected chi connectivity index (χ4v) is 3.30. The Morgan fingerprint density at radius 2 is 1.77 bits per heavy atom. The van der Waals surface area contributed by atoms with Crippen molar-refractivity contribution in [3.05, 3.63) is 65.7 Å². The van der Waals surface area contributed by atoms with E-state index in [1.54, 1.807) is 13.2 Å². The van der Waals surface area contributed by atoms with Crippen LogP contribution in [0.2, 0.25) is 0 Å². The van der Waals surface area contributed by atoms with E-state index in [1.165, 1.54) is 4.90 Å². The van der Waals surface area contributed by atoms with E-state index in [0.717, 1.165) is 11.1 Å². The number of carbonyl (C=O) groups is 2. The van der Waals surface area contributed by atoms with Crippen molar-refractivity contribution in [1.29, 1.82) is 0 Å². The molecular weight excluding hydrogens is 334 g/mol. The Morgan fingerprint density at radius 3 is 2.46 bits per heavy atom. The highest BCUT2D eigenvalue weighted by atomic mass is 16.6. The topological polar surface area (TPSA) is 76.1 Å². The van der Waals surface area contributed by atoms with Gasteiger partial charge in [0.15, 0.2) is 0 Å². The van der Waals surface area contributed by atoms with Crippen molar-refractivity contribution in [2.45, 2.75) is 12.5 Å². The summed E-state index contributed by atoms with van der Waals surface area (Å²) in [6.45, 7) is 0.559. The Morgan fingerprint density at radius 1 is 1.08 bits per heavy atom. The standard InChI is InChI=1S/C20H21NO5/c1-25-18-10-6-5-9-15(18)16-11-21(12-17(16)19(22)23)20(24)26-13-14-7-3-2-4-8-14/h2-10,16-17H,11-13H2,1H3,(H,22,23)/t16-,17-/m0/s1. The largest absolute Gasteiger partial charge is 0.496 e. The van der Waals surface area contributed by atoms with Crippen molar-refractivity contribution < 1.29 is 24.2 Å². The van der Waals surface area contributed by atoms with Crippen molar-refractivity contribution in [3.63, 3.8) is 0 Å². The first-order chi connectivity index (χ1) is 12.6. The lowest BCUT2D eigenvalue weighted by atomic mass is 9.88. The van der Waals surface area contributed by atoms with Crippen LogP contribution in [-0.2, 0) is 16.1 Å². The van der Waals surface area contributed by atoms with E-state index in [-0.39, 0.29) is 25.6 Å². The Balaban J connectivity index is 1.72. The summed E-state index contributed by atoms with van der Waals surface area (Å²) in [6, 6.07) is 16.7. The summed E-state index contributed by atoms with van der Waals surface area (Å²) in [5.74, 6) is -1.34. The van der Waals surface area contributed by atoms with Crippen molar-refractivity contribution >= 4 is 12.1 Å². The lowest BCUT2D eigenvalue weighted by molar-refractivity contribution is -0.141. The van der Waals surface area contributed by atoms with Crippen LogP contribution in [0.1, 0.15) is 17.0 Å². The first-order valence-corrected chi connectivity index (χ1v) is 8.41. The van der Waals surface area contributed by atoms with Crippen molar-refractivity contribution in [2.24, 2.45) is 5.92 Å². The molecule has 0 bridgehead atoms. The lowest BCUT2D eigenvalue weighted by Crippen LogP contribution is -2.30. The predicted molar refractivity (Wildman–Crippen MR) is 95.1 cm³/mol. The summed E-state index contributed by atoms with van der Waals surface area (Å²) < 4.78 is 10.7. The van der Waals surface area contributed by atoms with Crippen LogP contribution in [0, 0.1) is 5.92 Å². The molecule has 1 heterocycles. The number of carboxylic acid groups (broad SMARTS) is 1. The molecule has 0 radical (unpaired) electrons. The van der Waals surface area contributed by atoms with Gasteiger partial charge in [-0.2, -0.15) is 0 Å². The van der Waals surface area contributed by atoms with Crippen molar-refractivity contribution in [1.82, 2.24) is 4.90 Å². The summed E-state index contributed by atoms with van der Waals surface area (Å²) in [6.07, 6.45) is -0.502. The van der Waals surface area contributed by atoms with Gasteiger partial charge in [-0.05, 0) is 17.2 Å². The highest BCUT2D eigenvalue weighted by Crippen LogP contribution is 2.37. The monoisotopic (exact) mass is 355 g/mol. The molecule has 0 unspecified atom stereocenters. The molecule has 2 atom stereocenters. The molecule has 0 aliphatic carbocycles. The number of hydrogen-bond donors (Lipinski definition) is 1. The highest BCUT2D eigenvalue weighted by Gasteiger charge is 2.42. The van der Waals surface area contributed by atoms with Gasteiger partial charge in [0.1, 0.15) is 12.4 Å². The third-order valence-electron chi connectivity index (χ3n) is 4.64. The maximum Gasteiger partial charge on any atom is 0.410 e. The Bertz CT molecular complexity index is 777. The zero-order valence-electron chi connectivity index (χ0n) is 14.5. The molecule has 2 aromatic carbocycles. The number of carbonyl (C=O) groups excluding carboxylic acids is 1. The first kappa shape index (κ1) is 17.8. The molecule has 1 amide bonds. The van der Waals surface area contributed by atoms with E-state index >= 15 is 0 Å².